The minimum Gasteiger partial charge on any atom is -0.207 e. The molecule has 9 aromatic rings. The van der Waals surface area contributed by atoms with Crippen LogP contribution < -0.4 is 0 Å². The minimum atomic E-state index is -1.09. The molecule has 0 aliphatic heterocycles. The molecule has 0 aliphatic carbocycles. The van der Waals surface area contributed by atoms with E-state index in [0.29, 0.717) is 44.0 Å². The van der Waals surface area contributed by atoms with Crippen molar-refractivity contribution in [1.82, 2.24) is 0 Å². The van der Waals surface area contributed by atoms with Crippen LogP contribution in [0.4, 0.5) is 48.3 Å². The molecule has 0 heterocycles. The second-order valence-corrected chi connectivity index (χ2v) is 23.8. The highest BCUT2D eigenvalue weighted by atomic mass is 35.5. The Morgan fingerprint density at radius 3 is 0.811 bits per heavy atom. The maximum atomic E-state index is 12.9. The smallest absolute Gasteiger partial charge is 0.164 e. The van der Waals surface area contributed by atoms with E-state index in [4.69, 9.17) is 81.2 Å². The van der Waals surface area contributed by atoms with Gasteiger partial charge in [0.15, 0.2) is 11.6 Å². The van der Waals surface area contributed by atoms with Crippen molar-refractivity contribution in [2.24, 2.45) is 0 Å². The molecule has 9 aromatic carbocycles. The molecule has 0 N–H and O–H groups in total. The summed E-state index contributed by atoms with van der Waals surface area (Å²) < 4.78 is 140. The van der Waals surface area contributed by atoms with Crippen molar-refractivity contribution >= 4 is 81.2 Å². The average Bonchev–Trinajstić information content (AvgIpc) is 3.27. The van der Waals surface area contributed by atoms with Crippen LogP contribution in [0.2, 0.25) is 35.2 Å². The average molecular weight is 1390 g/mol. The molecule has 0 saturated carbocycles. The van der Waals surface area contributed by atoms with Crippen LogP contribution in [0.15, 0.2) is 109 Å². The molecule has 0 amide bonds. The Bertz CT molecular complexity index is 3330. The molecule has 0 nitrogen and oxygen atoms in total. The topological polar surface area (TPSA) is 0 Å². The fourth-order valence-electron chi connectivity index (χ4n) is 6.73. The SMILES string of the molecule is Cc1cc(Cl)c(C)cc1Cl.Cc1cc(Cl)c(C)cc1F.Cc1cc(F)c(C)c(F)c1Cl.Cc1cc(F)c(C)c(F)c1F.Cc1cc(F)c(C)cc1F.Cc1ccc(C)c(Cl)c1.Cc1ccc(C)c(Cl)c1F.Cc1ccc(C)c(Cl)c1F.Cc1ccc(C)c(F)c1. The van der Waals surface area contributed by atoms with Gasteiger partial charge in [-0.3, -0.25) is 0 Å². The van der Waals surface area contributed by atoms with Crippen molar-refractivity contribution in [2.75, 3.05) is 0 Å². The van der Waals surface area contributed by atoms with E-state index in [2.05, 4.69) is 6.07 Å². The van der Waals surface area contributed by atoms with Crippen LogP contribution in [0.5, 0.6) is 0 Å². The third-order valence-corrected chi connectivity index (χ3v) is 16.1. The van der Waals surface area contributed by atoms with E-state index in [1.165, 1.54) is 70.5 Å². The lowest BCUT2D eigenvalue weighted by Gasteiger charge is -2.03. The van der Waals surface area contributed by atoms with E-state index in [9.17, 15) is 48.3 Å². The molecule has 9 rings (SSSR count). The fraction of sp³-hybridized carbons (Fsp3) is 0.250. The molecule has 0 unspecified atom stereocenters. The Kier molecular flexibility index (Phi) is 35.6. The number of aryl methyl sites for hydroxylation is 16. The fourth-order valence-corrected chi connectivity index (χ4v) is 8.24. The van der Waals surface area contributed by atoms with E-state index in [1.807, 2.05) is 65.0 Å². The van der Waals surface area contributed by atoms with Crippen molar-refractivity contribution in [3.05, 3.63) is 308 Å². The molecular weight excluding hydrogens is 1320 g/mol. The number of halogens is 18. The molecule has 486 valence electrons. The standard InChI is InChI=1S/C8H8Cl2.C8H7ClF2.3C8H8ClF.C8H9Cl.C8H7F3.C8H8F2.C8H9F/c1-5-3-8(10)6(2)4-7(5)9;1-4-3-6(10)5(2)8(11)7(4)9;1-5-4-8(10)6(2)3-7(5)9;2*1-5-3-4-6(2)8(10)7(5)9;1-6-3-4-7(2)8(9)5-6;1-4-3-6(9)5(2)8(11)7(4)10;1-5-3-8(10)6(2)4-7(5)9;1-6-3-4-7(2)8(9)5-6/h3-4H,1-2H3;3H,1-2H3;3*3-4H,1-2H3;3-5H,1-2H3;3H,1-2H3;3-4H,1-2H3;3-5H,1-2H3. The van der Waals surface area contributed by atoms with E-state index >= 15 is 0 Å². The van der Waals surface area contributed by atoms with Gasteiger partial charge in [-0.25, -0.2) is 48.3 Å². The number of benzene rings is 9. The maximum Gasteiger partial charge on any atom is 0.164 e. The van der Waals surface area contributed by atoms with Crippen LogP contribution in [0.1, 0.15) is 100 Å². The van der Waals surface area contributed by atoms with Gasteiger partial charge in [-0.15, -0.1) is 0 Å². The van der Waals surface area contributed by atoms with Gasteiger partial charge in [0.25, 0.3) is 0 Å². The monoisotopic (exact) mass is 1390 g/mol. The van der Waals surface area contributed by atoms with Gasteiger partial charge in [0.2, 0.25) is 0 Å². The zero-order valence-electron chi connectivity index (χ0n) is 53.2. The van der Waals surface area contributed by atoms with Crippen LogP contribution in [0.3, 0.4) is 0 Å². The van der Waals surface area contributed by atoms with Gasteiger partial charge < -0.3 is 0 Å². The first-order valence-corrected chi connectivity index (χ1v) is 30.0. The first kappa shape index (κ1) is 82.3. The first-order valence-electron chi connectivity index (χ1n) is 27.3. The summed E-state index contributed by atoms with van der Waals surface area (Å²) in [5.74, 6) is -5.60. The van der Waals surface area contributed by atoms with Crippen LogP contribution in [-0.4, -0.2) is 0 Å². The Hall–Kier alpha value is -5.76. The number of rotatable bonds is 0. The first-order chi connectivity index (χ1) is 41.5. The predicted octanol–water partition coefficient (Wildman–Crippen LogP) is 26.8. The summed E-state index contributed by atoms with van der Waals surface area (Å²) in [4.78, 5) is 0. The van der Waals surface area contributed by atoms with Gasteiger partial charge >= 0.3 is 0 Å². The summed E-state index contributed by atoms with van der Waals surface area (Å²) in [6, 6.07) is 29.7. The Morgan fingerprint density at radius 2 is 0.456 bits per heavy atom. The summed E-state index contributed by atoms with van der Waals surface area (Å²) in [6.07, 6.45) is 0. The number of hydrogen-bond acceptors (Lipinski definition) is 0. The lowest BCUT2D eigenvalue weighted by atomic mass is 10.1. The predicted molar refractivity (Wildman–Crippen MR) is 358 cm³/mol. The largest absolute Gasteiger partial charge is 0.207 e. The zero-order chi connectivity index (χ0) is 69.5. The normalized spacial score (nSPS) is 10.0. The van der Waals surface area contributed by atoms with Crippen LogP contribution in [0, 0.1) is 189 Å². The van der Waals surface area contributed by atoms with E-state index < -0.39 is 29.1 Å². The summed E-state index contributed by atoms with van der Waals surface area (Å²) in [6.45, 7) is 30.5. The van der Waals surface area contributed by atoms with E-state index in [-0.39, 0.29) is 66.7 Å². The van der Waals surface area contributed by atoms with Crippen LogP contribution >= 0.6 is 81.2 Å². The van der Waals surface area contributed by atoms with Gasteiger partial charge in [0.1, 0.15) is 52.4 Å². The lowest BCUT2D eigenvalue weighted by molar-refractivity contribution is 0.480. The molecule has 0 bridgehead atoms. The molecule has 0 spiro atoms. The van der Waals surface area contributed by atoms with Gasteiger partial charge in [-0.1, -0.05) is 130 Å². The highest BCUT2D eigenvalue weighted by Crippen LogP contribution is 2.27. The van der Waals surface area contributed by atoms with Crippen LogP contribution in [-0.2, 0) is 0 Å². The Morgan fingerprint density at radius 1 is 0.189 bits per heavy atom. The quantitative estimate of drug-likeness (QED) is 0.105. The van der Waals surface area contributed by atoms with E-state index in [1.54, 1.807) is 91.8 Å². The molecular formula is C72H72Cl7F11. The van der Waals surface area contributed by atoms with Crippen molar-refractivity contribution in [3.8, 4) is 0 Å². The zero-order valence-corrected chi connectivity index (χ0v) is 58.5. The highest BCUT2D eigenvalue weighted by molar-refractivity contribution is 6.34. The molecule has 0 radical (unpaired) electrons. The third-order valence-electron chi connectivity index (χ3n) is 13.1. The molecule has 0 aromatic heterocycles. The van der Waals surface area contributed by atoms with Gasteiger partial charge in [0.05, 0.1) is 15.1 Å². The van der Waals surface area contributed by atoms with Crippen molar-refractivity contribution < 1.29 is 48.3 Å². The molecule has 90 heavy (non-hydrogen) atoms. The minimum absolute atomic E-state index is 0.00361. The highest BCUT2D eigenvalue weighted by Gasteiger charge is 2.13. The summed E-state index contributed by atoms with van der Waals surface area (Å²) in [7, 11) is 0. The van der Waals surface area contributed by atoms with Gasteiger partial charge in [-0.2, -0.15) is 0 Å². The molecule has 0 atom stereocenters. The van der Waals surface area contributed by atoms with Crippen molar-refractivity contribution in [1.29, 1.82) is 0 Å². The Balaban J connectivity index is 0.000000507. The molecule has 18 heteroatoms. The molecule has 0 fully saturated rings. The molecule has 0 aliphatic rings. The second kappa shape index (κ2) is 38.9. The third kappa shape index (κ3) is 26.8. The number of hydrogen-bond donors (Lipinski definition) is 0. The van der Waals surface area contributed by atoms with Crippen molar-refractivity contribution in [2.45, 2.75) is 125 Å². The Labute approximate surface area is 558 Å². The summed E-state index contributed by atoms with van der Waals surface area (Å²) >= 11 is 39.9. The van der Waals surface area contributed by atoms with Crippen LogP contribution in [0.25, 0.3) is 0 Å². The maximum absolute atomic E-state index is 12.9. The van der Waals surface area contributed by atoms with E-state index in [0.717, 1.165) is 60.1 Å². The second-order valence-electron chi connectivity index (χ2n) is 21.1. The summed E-state index contributed by atoms with van der Waals surface area (Å²) in [5, 5.41) is 3.52. The lowest BCUT2D eigenvalue weighted by Crippen LogP contribution is -1.96. The summed E-state index contributed by atoms with van der Waals surface area (Å²) in [5.41, 5.74) is 11.0. The molecule has 0 saturated heterocycles. The van der Waals surface area contributed by atoms with Gasteiger partial charge in [-0.05, 0) is 274 Å². The van der Waals surface area contributed by atoms with Gasteiger partial charge in [0, 0.05) is 31.2 Å². The van der Waals surface area contributed by atoms with Crippen molar-refractivity contribution in [3.63, 3.8) is 0 Å².